The molecule has 0 amide bonds. The minimum Gasteiger partial charge on any atom is -0.462 e. The number of hydrogen-bond donors (Lipinski definition) is 0. The SMILES string of the molecule is CCCCCCCCOC(=O)c1ccc(Cc2nc(-c3cccnc3)cs2)cc1C(F)(F)F. The Bertz CT molecular complexity index is 1040. The van der Waals surface area contributed by atoms with Gasteiger partial charge in [0.15, 0.2) is 0 Å². The topological polar surface area (TPSA) is 52.1 Å². The fourth-order valence-electron chi connectivity index (χ4n) is 3.45. The van der Waals surface area contributed by atoms with Gasteiger partial charge in [-0.1, -0.05) is 45.1 Å². The first-order valence-corrected chi connectivity index (χ1v) is 12.0. The van der Waals surface area contributed by atoms with E-state index in [0.717, 1.165) is 49.4 Å². The number of pyridine rings is 1. The first-order valence-electron chi connectivity index (χ1n) is 11.1. The number of ether oxygens (including phenoxy) is 1. The van der Waals surface area contributed by atoms with E-state index in [1.807, 2.05) is 11.4 Å². The van der Waals surface area contributed by atoms with E-state index in [9.17, 15) is 18.0 Å². The van der Waals surface area contributed by atoms with Crippen LogP contribution in [-0.4, -0.2) is 22.5 Å². The molecule has 3 aromatic rings. The molecule has 0 bridgehead atoms. The molecule has 0 atom stereocenters. The molecule has 2 aromatic heterocycles. The lowest BCUT2D eigenvalue weighted by Crippen LogP contribution is -2.16. The number of alkyl halides is 3. The van der Waals surface area contributed by atoms with Crippen LogP contribution < -0.4 is 0 Å². The molecule has 33 heavy (non-hydrogen) atoms. The minimum absolute atomic E-state index is 0.125. The Morgan fingerprint density at radius 2 is 1.88 bits per heavy atom. The quantitative estimate of drug-likeness (QED) is 0.215. The Morgan fingerprint density at radius 3 is 2.61 bits per heavy atom. The zero-order valence-corrected chi connectivity index (χ0v) is 19.3. The molecule has 0 fully saturated rings. The predicted octanol–water partition coefficient (Wildman–Crippen LogP) is 7.33. The Kier molecular flexibility index (Phi) is 9.00. The highest BCUT2D eigenvalue weighted by Gasteiger charge is 2.36. The van der Waals surface area contributed by atoms with Gasteiger partial charge in [0.2, 0.25) is 0 Å². The Morgan fingerprint density at radius 1 is 1.09 bits per heavy atom. The Labute approximate surface area is 195 Å². The number of halogens is 3. The number of unbranched alkanes of at least 4 members (excludes halogenated alkanes) is 5. The number of esters is 1. The van der Waals surface area contributed by atoms with E-state index in [0.29, 0.717) is 17.0 Å². The maximum atomic E-state index is 13.7. The van der Waals surface area contributed by atoms with Gasteiger partial charge in [0, 0.05) is 29.8 Å². The summed E-state index contributed by atoms with van der Waals surface area (Å²) in [6, 6.07) is 7.43. The van der Waals surface area contributed by atoms with Crippen LogP contribution in [0.3, 0.4) is 0 Å². The molecule has 2 heterocycles. The zero-order chi connectivity index (χ0) is 23.7. The molecule has 1 aromatic carbocycles. The van der Waals surface area contributed by atoms with Crippen LogP contribution in [0.5, 0.6) is 0 Å². The second kappa shape index (κ2) is 11.9. The van der Waals surface area contributed by atoms with Gasteiger partial charge in [-0.3, -0.25) is 4.98 Å². The number of hydrogen-bond acceptors (Lipinski definition) is 5. The summed E-state index contributed by atoms with van der Waals surface area (Å²) in [6.07, 6.45) is 4.93. The Hall–Kier alpha value is -2.74. The highest BCUT2D eigenvalue weighted by Crippen LogP contribution is 2.34. The summed E-state index contributed by atoms with van der Waals surface area (Å²) in [4.78, 5) is 20.9. The lowest BCUT2D eigenvalue weighted by Gasteiger charge is -2.14. The Balaban J connectivity index is 1.66. The maximum Gasteiger partial charge on any atom is 0.417 e. The number of rotatable bonds is 11. The van der Waals surface area contributed by atoms with Crippen molar-refractivity contribution in [2.75, 3.05) is 6.61 Å². The molecule has 176 valence electrons. The minimum atomic E-state index is -4.66. The molecule has 0 unspecified atom stereocenters. The van der Waals surface area contributed by atoms with Crippen molar-refractivity contribution in [2.45, 2.75) is 58.0 Å². The summed E-state index contributed by atoms with van der Waals surface area (Å²) in [5.74, 6) is -0.935. The van der Waals surface area contributed by atoms with Crippen LogP contribution in [0.2, 0.25) is 0 Å². The summed E-state index contributed by atoms with van der Waals surface area (Å²) in [6.45, 7) is 2.25. The molecule has 0 aliphatic heterocycles. The van der Waals surface area contributed by atoms with Crippen molar-refractivity contribution < 1.29 is 22.7 Å². The van der Waals surface area contributed by atoms with Crippen LogP contribution in [0.25, 0.3) is 11.3 Å². The largest absolute Gasteiger partial charge is 0.462 e. The number of nitrogens with zero attached hydrogens (tertiary/aromatic N) is 2. The molecule has 0 saturated carbocycles. The van der Waals surface area contributed by atoms with Crippen molar-refractivity contribution in [3.8, 4) is 11.3 Å². The third-order valence-corrected chi connectivity index (χ3v) is 6.05. The third-order valence-electron chi connectivity index (χ3n) is 5.20. The molecule has 4 nitrogen and oxygen atoms in total. The summed E-state index contributed by atoms with van der Waals surface area (Å²) in [5, 5.41) is 2.53. The number of aromatic nitrogens is 2. The summed E-state index contributed by atoms with van der Waals surface area (Å²) >= 11 is 1.37. The molecule has 0 spiro atoms. The monoisotopic (exact) mass is 476 g/mol. The maximum absolute atomic E-state index is 13.7. The number of carbonyl (C=O) groups is 1. The van der Waals surface area contributed by atoms with Gasteiger partial charge in [0.05, 0.1) is 28.4 Å². The highest BCUT2D eigenvalue weighted by molar-refractivity contribution is 7.10. The van der Waals surface area contributed by atoms with E-state index in [-0.39, 0.29) is 13.0 Å². The van der Waals surface area contributed by atoms with Crippen LogP contribution >= 0.6 is 11.3 Å². The standard InChI is InChI=1S/C25H27F3N2O2S/c1-2-3-4-5-6-7-13-32-24(31)20-11-10-18(14-21(20)25(26,27)28)15-23-30-22(17-33-23)19-9-8-12-29-16-19/h8-12,14,16-17H,2-7,13,15H2,1H3. The number of benzene rings is 1. The van der Waals surface area contributed by atoms with Crippen LogP contribution in [0, 0.1) is 0 Å². The van der Waals surface area contributed by atoms with Crippen LogP contribution in [0.1, 0.15) is 71.9 Å². The fourth-order valence-corrected chi connectivity index (χ4v) is 4.29. The van der Waals surface area contributed by atoms with Crippen molar-refractivity contribution >= 4 is 17.3 Å². The van der Waals surface area contributed by atoms with E-state index in [1.165, 1.54) is 23.5 Å². The van der Waals surface area contributed by atoms with E-state index >= 15 is 0 Å². The van der Waals surface area contributed by atoms with Gasteiger partial charge in [0.1, 0.15) is 0 Å². The van der Waals surface area contributed by atoms with E-state index in [1.54, 1.807) is 18.5 Å². The lowest BCUT2D eigenvalue weighted by molar-refractivity contribution is -0.138. The molecule has 3 rings (SSSR count). The molecular weight excluding hydrogens is 449 g/mol. The molecule has 0 aliphatic carbocycles. The van der Waals surface area contributed by atoms with Crippen molar-refractivity contribution in [1.29, 1.82) is 0 Å². The van der Waals surface area contributed by atoms with Crippen molar-refractivity contribution in [3.63, 3.8) is 0 Å². The molecule has 0 aliphatic rings. The van der Waals surface area contributed by atoms with Crippen molar-refractivity contribution in [2.24, 2.45) is 0 Å². The van der Waals surface area contributed by atoms with Gasteiger partial charge in [-0.25, -0.2) is 9.78 Å². The van der Waals surface area contributed by atoms with E-state index < -0.39 is 23.3 Å². The second-order valence-electron chi connectivity index (χ2n) is 7.83. The van der Waals surface area contributed by atoms with Crippen LogP contribution in [0.4, 0.5) is 13.2 Å². The molecule has 0 N–H and O–H groups in total. The summed E-state index contributed by atoms with van der Waals surface area (Å²) in [5.41, 5.74) is 0.583. The smallest absolute Gasteiger partial charge is 0.417 e. The van der Waals surface area contributed by atoms with Crippen molar-refractivity contribution in [1.82, 2.24) is 9.97 Å². The molecule has 8 heteroatoms. The van der Waals surface area contributed by atoms with Gasteiger partial charge < -0.3 is 4.74 Å². The van der Waals surface area contributed by atoms with Gasteiger partial charge in [-0.2, -0.15) is 13.2 Å². The third kappa shape index (κ3) is 7.39. The molecular formula is C25H27F3N2O2S. The van der Waals surface area contributed by atoms with E-state index in [2.05, 4.69) is 16.9 Å². The van der Waals surface area contributed by atoms with Crippen molar-refractivity contribution in [3.05, 3.63) is 69.8 Å². The summed E-state index contributed by atoms with van der Waals surface area (Å²) in [7, 11) is 0. The second-order valence-corrected chi connectivity index (χ2v) is 8.77. The lowest BCUT2D eigenvalue weighted by atomic mass is 10.0. The van der Waals surface area contributed by atoms with E-state index in [4.69, 9.17) is 4.74 Å². The van der Waals surface area contributed by atoms with Gasteiger partial charge in [-0.15, -0.1) is 11.3 Å². The zero-order valence-electron chi connectivity index (χ0n) is 18.5. The molecule has 0 radical (unpaired) electrons. The summed E-state index contributed by atoms with van der Waals surface area (Å²) < 4.78 is 46.2. The average molecular weight is 477 g/mol. The predicted molar refractivity (Wildman–Crippen MR) is 123 cm³/mol. The first-order chi connectivity index (χ1) is 15.9. The normalized spacial score (nSPS) is 11.5. The fraction of sp³-hybridized carbons (Fsp3) is 0.400. The highest BCUT2D eigenvalue weighted by atomic mass is 32.1. The number of thiazole rings is 1. The van der Waals surface area contributed by atoms with Crippen LogP contribution in [0.15, 0.2) is 48.1 Å². The van der Waals surface area contributed by atoms with Gasteiger partial charge >= 0.3 is 12.1 Å². The average Bonchev–Trinajstić information content (AvgIpc) is 3.27. The van der Waals surface area contributed by atoms with Gasteiger partial charge in [0.25, 0.3) is 0 Å². The van der Waals surface area contributed by atoms with Gasteiger partial charge in [-0.05, 0) is 36.2 Å². The molecule has 0 saturated heterocycles. The van der Waals surface area contributed by atoms with Crippen LogP contribution in [-0.2, 0) is 17.3 Å². The number of carbonyl (C=O) groups excluding carboxylic acids is 1. The first kappa shape index (κ1) is 24.9.